The first-order valence-corrected chi connectivity index (χ1v) is 7.89. The fourth-order valence-electron chi connectivity index (χ4n) is 2.19. The molecule has 2 rings (SSSR count). The number of benzene rings is 2. The van der Waals surface area contributed by atoms with Gasteiger partial charge in [0.05, 0.1) is 26.5 Å². The lowest BCUT2D eigenvalue weighted by atomic mass is 10.1. The standard InChI is InChI=1S/C19H22N2O4/c1-5-25-16-9-6-14(7-10-16)19(22)21-20-13(2)15-8-11-17(23-3)18(12-15)24-4/h6-12H,5H2,1-4H3,(H,21,22)/b20-13-. The molecule has 0 radical (unpaired) electrons. The number of hydrogen-bond acceptors (Lipinski definition) is 5. The first kappa shape index (κ1) is 18.3. The third kappa shape index (κ3) is 4.73. The summed E-state index contributed by atoms with van der Waals surface area (Å²) in [6, 6.07) is 12.3. The number of carbonyl (C=O) groups is 1. The van der Waals surface area contributed by atoms with Gasteiger partial charge in [-0.3, -0.25) is 4.79 Å². The lowest BCUT2D eigenvalue weighted by Crippen LogP contribution is -2.19. The topological polar surface area (TPSA) is 69.2 Å². The molecule has 2 aromatic carbocycles. The Kier molecular flexibility index (Phi) is 6.39. The van der Waals surface area contributed by atoms with Crippen molar-refractivity contribution in [2.24, 2.45) is 5.10 Å². The van der Waals surface area contributed by atoms with E-state index in [1.807, 2.05) is 13.0 Å². The van der Waals surface area contributed by atoms with Crippen molar-refractivity contribution in [3.63, 3.8) is 0 Å². The second-order valence-corrected chi connectivity index (χ2v) is 5.17. The third-order valence-electron chi connectivity index (χ3n) is 3.55. The highest BCUT2D eigenvalue weighted by Crippen LogP contribution is 2.27. The number of ether oxygens (including phenoxy) is 3. The van der Waals surface area contributed by atoms with Gasteiger partial charge in [-0.1, -0.05) is 0 Å². The summed E-state index contributed by atoms with van der Waals surface area (Å²) in [5.41, 5.74) is 4.53. The number of amides is 1. The Balaban J connectivity index is 2.08. The third-order valence-corrected chi connectivity index (χ3v) is 3.55. The van der Waals surface area contributed by atoms with Crippen molar-refractivity contribution in [1.82, 2.24) is 5.43 Å². The van der Waals surface area contributed by atoms with Gasteiger partial charge in [-0.25, -0.2) is 5.43 Å². The van der Waals surface area contributed by atoms with Crippen LogP contribution in [0.4, 0.5) is 0 Å². The summed E-state index contributed by atoms with van der Waals surface area (Å²) in [6.07, 6.45) is 0. The second-order valence-electron chi connectivity index (χ2n) is 5.17. The first-order valence-electron chi connectivity index (χ1n) is 7.89. The van der Waals surface area contributed by atoms with Gasteiger partial charge in [0, 0.05) is 11.1 Å². The number of nitrogens with zero attached hydrogens (tertiary/aromatic N) is 1. The molecule has 0 spiro atoms. The molecule has 1 N–H and O–H groups in total. The van der Waals surface area contributed by atoms with Gasteiger partial charge >= 0.3 is 0 Å². The van der Waals surface area contributed by atoms with Gasteiger partial charge in [-0.15, -0.1) is 0 Å². The van der Waals surface area contributed by atoms with Gasteiger partial charge in [-0.2, -0.15) is 5.10 Å². The average molecular weight is 342 g/mol. The molecular weight excluding hydrogens is 320 g/mol. The number of hydrogen-bond donors (Lipinski definition) is 1. The van der Waals surface area contributed by atoms with E-state index in [0.717, 1.165) is 11.3 Å². The van der Waals surface area contributed by atoms with Crippen molar-refractivity contribution < 1.29 is 19.0 Å². The van der Waals surface area contributed by atoms with Crippen molar-refractivity contribution in [2.45, 2.75) is 13.8 Å². The number of nitrogens with one attached hydrogen (secondary N) is 1. The molecule has 0 heterocycles. The zero-order valence-corrected chi connectivity index (χ0v) is 14.8. The highest BCUT2D eigenvalue weighted by atomic mass is 16.5. The first-order chi connectivity index (χ1) is 12.1. The van der Waals surface area contributed by atoms with E-state index in [-0.39, 0.29) is 5.91 Å². The lowest BCUT2D eigenvalue weighted by molar-refractivity contribution is 0.0955. The van der Waals surface area contributed by atoms with E-state index in [1.54, 1.807) is 57.5 Å². The molecule has 0 bridgehead atoms. The summed E-state index contributed by atoms with van der Waals surface area (Å²) in [5, 5.41) is 4.15. The number of methoxy groups -OCH3 is 2. The Hall–Kier alpha value is -3.02. The molecule has 0 fully saturated rings. The van der Waals surface area contributed by atoms with Gasteiger partial charge in [0.15, 0.2) is 11.5 Å². The largest absolute Gasteiger partial charge is 0.494 e. The number of hydrazone groups is 1. The number of carbonyl (C=O) groups excluding carboxylic acids is 1. The van der Waals surface area contributed by atoms with Gasteiger partial charge in [0.1, 0.15) is 5.75 Å². The molecule has 0 aliphatic rings. The monoisotopic (exact) mass is 342 g/mol. The predicted molar refractivity (Wildman–Crippen MR) is 96.8 cm³/mol. The van der Waals surface area contributed by atoms with Crippen LogP contribution in [-0.4, -0.2) is 32.4 Å². The van der Waals surface area contributed by atoms with Crippen molar-refractivity contribution >= 4 is 11.6 Å². The lowest BCUT2D eigenvalue weighted by Gasteiger charge is -2.09. The van der Waals surface area contributed by atoms with Gasteiger partial charge < -0.3 is 14.2 Å². The summed E-state index contributed by atoms with van der Waals surface area (Å²) < 4.78 is 15.8. The maximum Gasteiger partial charge on any atom is 0.271 e. The smallest absolute Gasteiger partial charge is 0.271 e. The fraction of sp³-hybridized carbons (Fsp3) is 0.263. The van der Waals surface area contributed by atoms with Crippen molar-refractivity contribution in [1.29, 1.82) is 0 Å². The van der Waals surface area contributed by atoms with Crippen molar-refractivity contribution in [3.05, 3.63) is 53.6 Å². The summed E-state index contributed by atoms with van der Waals surface area (Å²) >= 11 is 0. The minimum absolute atomic E-state index is 0.289. The van der Waals surface area contributed by atoms with E-state index < -0.39 is 0 Å². The van der Waals surface area contributed by atoms with Crippen LogP contribution < -0.4 is 19.6 Å². The quantitative estimate of drug-likeness (QED) is 0.619. The fourth-order valence-corrected chi connectivity index (χ4v) is 2.19. The van der Waals surface area contributed by atoms with Crippen LogP contribution in [0, 0.1) is 0 Å². The molecule has 0 atom stereocenters. The van der Waals surface area contributed by atoms with E-state index in [4.69, 9.17) is 14.2 Å². The highest BCUT2D eigenvalue weighted by molar-refractivity contribution is 6.01. The van der Waals surface area contributed by atoms with Crippen LogP contribution >= 0.6 is 0 Å². The Bertz CT molecular complexity index is 755. The average Bonchev–Trinajstić information content (AvgIpc) is 2.66. The molecule has 6 nitrogen and oxygen atoms in total. The summed E-state index contributed by atoms with van der Waals surface area (Å²) in [4.78, 5) is 12.2. The van der Waals surface area contributed by atoms with E-state index in [9.17, 15) is 4.79 Å². The predicted octanol–water partition coefficient (Wildman–Crippen LogP) is 3.26. The molecule has 1 amide bonds. The minimum Gasteiger partial charge on any atom is -0.494 e. The second kappa shape index (κ2) is 8.73. The molecule has 132 valence electrons. The zero-order chi connectivity index (χ0) is 18.2. The minimum atomic E-state index is -0.289. The van der Waals surface area contributed by atoms with Gasteiger partial charge in [-0.05, 0) is 56.3 Å². The van der Waals surface area contributed by atoms with Crippen molar-refractivity contribution in [2.75, 3.05) is 20.8 Å². The molecule has 0 aliphatic heterocycles. The molecular formula is C19H22N2O4. The van der Waals surface area contributed by atoms with Gasteiger partial charge in [0.25, 0.3) is 5.91 Å². The Labute approximate surface area is 147 Å². The molecule has 25 heavy (non-hydrogen) atoms. The van der Waals surface area contributed by atoms with E-state index in [0.29, 0.717) is 29.4 Å². The van der Waals surface area contributed by atoms with E-state index >= 15 is 0 Å². The summed E-state index contributed by atoms with van der Waals surface area (Å²) in [7, 11) is 3.15. The molecule has 0 aromatic heterocycles. The Morgan fingerprint density at radius 3 is 2.24 bits per heavy atom. The maximum absolute atomic E-state index is 12.2. The molecule has 2 aromatic rings. The normalized spacial score (nSPS) is 11.0. The van der Waals surface area contributed by atoms with Crippen LogP contribution in [0.15, 0.2) is 47.6 Å². The zero-order valence-electron chi connectivity index (χ0n) is 14.8. The van der Waals surface area contributed by atoms with Crippen LogP contribution in [-0.2, 0) is 0 Å². The summed E-state index contributed by atoms with van der Waals surface area (Å²) in [6.45, 7) is 4.30. The van der Waals surface area contributed by atoms with E-state index in [2.05, 4.69) is 10.5 Å². The van der Waals surface area contributed by atoms with Crippen LogP contribution in [0.25, 0.3) is 0 Å². The molecule has 0 saturated carbocycles. The van der Waals surface area contributed by atoms with Crippen LogP contribution in [0.5, 0.6) is 17.2 Å². The Morgan fingerprint density at radius 2 is 1.64 bits per heavy atom. The SMILES string of the molecule is CCOc1ccc(C(=O)N/N=C(/C)c2ccc(OC)c(OC)c2)cc1. The molecule has 6 heteroatoms. The van der Waals surface area contributed by atoms with Crippen LogP contribution in [0.1, 0.15) is 29.8 Å². The van der Waals surface area contributed by atoms with Gasteiger partial charge in [0.2, 0.25) is 0 Å². The van der Waals surface area contributed by atoms with E-state index in [1.165, 1.54) is 0 Å². The molecule has 0 aliphatic carbocycles. The van der Waals surface area contributed by atoms with Crippen molar-refractivity contribution in [3.8, 4) is 17.2 Å². The molecule has 0 saturated heterocycles. The highest BCUT2D eigenvalue weighted by Gasteiger charge is 2.08. The van der Waals surface area contributed by atoms with Crippen LogP contribution in [0.3, 0.4) is 0 Å². The van der Waals surface area contributed by atoms with Crippen LogP contribution in [0.2, 0.25) is 0 Å². The molecule has 0 unspecified atom stereocenters. The Morgan fingerprint density at radius 1 is 1.00 bits per heavy atom. The summed E-state index contributed by atoms with van der Waals surface area (Å²) in [5.74, 6) is 1.68. The number of rotatable bonds is 7. The maximum atomic E-state index is 12.2.